The van der Waals surface area contributed by atoms with E-state index in [1.54, 1.807) is 0 Å². The summed E-state index contributed by atoms with van der Waals surface area (Å²) in [5.74, 6) is -0.906. The minimum absolute atomic E-state index is 0.220. The smallest absolute Gasteiger partial charge is 0.406 e. The molecule has 106 valence electrons. The number of carbonyl (C=O) groups is 1. The van der Waals surface area contributed by atoms with Crippen LogP contribution >= 0.6 is 0 Å². The fraction of sp³-hybridized carbons (Fsp3) is 0.417. The lowest BCUT2D eigenvalue weighted by atomic mass is 10.1. The van der Waals surface area contributed by atoms with Crippen molar-refractivity contribution < 1.29 is 22.7 Å². The van der Waals surface area contributed by atoms with E-state index in [-0.39, 0.29) is 24.1 Å². The molecule has 0 aliphatic heterocycles. The van der Waals surface area contributed by atoms with E-state index in [0.717, 1.165) is 12.1 Å². The van der Waals surface area contributed by atoms with Gasteiger partial charge in [-0.15, -0.1) is 13.2 Å². The van der Waals surface area contributed by atoms with Gasteiger partial charge in [0, 0.05) is 12.2 Å². The second kappa shape index (κ2) is 6.42. The molecule has 0 radical (unpaired) electrons. The molecule has 1 aromatic rings. The summed E-state index contributed by atoms with van der Waals surface area (Å²) < 4.78 is 39.5. The second-order valence-corrected chi connectivity index (χ2v) is 3.90. The molecule has 0 spiro atoms. The number of nitrogens with one attached hydrogen (secondary N) is 1. The van der Waals surface area contributed by atoms with E-state index in [2.05, 4.69) is 10.1 Å². The molecule has 0 aromatic heterocycles. The summed E-state index contributed by atoms with van der Waals surface area (Å²) in [6.45, 7) is 2.05. The lowest BCUT2D eigenvalue weighted by Gasteiger charge is -2.13. The number of carbonyl (C=O) groups excluding carboxylic acids is 1. The van der Waals surface area contributed by atoms with E-state index >= 15 is 0 Å². The maximum atomic E-state index is 11.9. The Hall–Kier alpha value is -1.76. The zero-order valence-corrected chi connectivity index (χ0v) is 10.3. The number of hydrogen-bond donors (Lipinski definition) is 2. The molecule has 0 saturated carbocycles. The third kappa shape index (κ3) is 5.17. The molecule has 1 rings (SSSR count). The molecule has 0 saturated heterocycles. The third-order valence-corrected chi connectivity index (χ3v) is 2.50. The van der Waals surface area contributed by atoms with Crippen LogP contribution in [0.3, 0.4) is 0 Å². The molecule has 0 heterocycles. The van der Waals surface area contributed by atoms with E-state index in [1.165, 1.54) is 12.1 Å². The van der Waals surface area contributed by atoms with Gasteiger partial charge in [0.15, 0.2) is 0 Å². The van der Waals surface area contributed by atoms with Gasteiger partial charge in [-0.2, -0.15) is 0 Å². The first-order valence-electron chi connectivity index (χ1n) is 5.72. The van der Waals surface area contributed by atoms with Crippen molar-refractivity contribution >= 4 is 11.6 Å². The Bertz CT molecular complexity index is 414. The molecule has 19 heavy (non-hydrogen) atoms. The van der Waals surface area contributed by atoms with Crippen molar-refractivity contribution in [2.24, 2.45) is 11.7 Å². The number of nitrogens with two attached hydrogens (primary N) is 1. The number of alkyl halides is 3. The molecular formula is C12H15F3N2O2. The van der Waals surface area contributed by atoms with Gasteiger partial charge in [-0.3, -0.25) is 4.79 Å². The predicted octanol–water partition coefficient (Wildman–Crippen LogP) is 2.51. The molecule has 0 aliphatic carbocycles. The van der Waals surface area contributed by atoms with Crippen LogP contribution in [0.25, 0.3) is 0 Å². The maximum absolute atomic E-state index is 11.9. The highest BCUT2D eigenvalue weighted by atomic mass is 19.4. The van der Waals surface area contributed by atoms with E-state index in [0.29, 0.717) is 12.1 Å². The first-order valence-corrected chi connectivity index (χ1v) is 5.72. The van der Waals surface area contributed by atoms with Crippen molar-refractivity contribution in [2.75, 3.05) is 11.9 Å². The van der Waals surface area contributed by atoms with Crippen LogP contribution in [0.5, 0.6) is 5.75 Å². The SMILES string of the molecule is CCC(CN)C(=O)Nc1ccc(OC(F)(F)F)cc1. The number of amides is 1. The van der Waals surface area contributed by atoms with Gasteiger partial charge in [-0.05, 0) is 30.7 Å². The molecule has 1 atom stereocenters. The van der Waals surface area contributed by atoms with Gasteiger partial charge in [-0.1, -0.05) is 6.92 Å². The molecule has 1 unspecified atom stereocenters. The predicted molar refractivity (Wildman–Crippen MR) is 64.6 cm³/mol. The number of rotatable bonds is 5. The Balaban J connectivity index is 2.64. The number of benzene rings is 1. The molecule has 4 nitrogen and oxygen atoms in total. The topological polar surface area (TPSA) is 64.4 Å². The van der Waals surface area contributed by atoms with Crippen LogP contribution in [0.2, 0.25) is 0 Å². The molecule has 7 heteroatoms. The van der Waals surface area contributed by atoms with Crippen LogP contribution in [0, 0.1) is 5.92 Å². The average molecular weight is 276 g/mol. The summed E-state index contributed by atoms with van der Waals surface area (Å²) >= 11 is 0. The molecule has 0 aliphatic rings. The minimum Gasteiger partial charge on any atom is -0.406 e. The van der Waals surface area contributed by atoms with Gasteiger partial charge in [0.2, 0.25) is 5.91 Å². The summed E-state index contributed by atoms with van der Waals surface area (Å²) in [6.07, 6.45) is -4.13. The summed E-state index contributed by atoms with van der Waals surface area (Å²) in [6, 6.07) is 4.93. The van der Waals surface area contributed by atoms with Crippen LogP contribution < -0.4 is 15.8 Å². The summed E-state index contributed by atoms with van der Waals surface area (Å²) in [5, 5.41) is 2.58. The van der Waals surface area contributed by atoms with Crippen LogP contribution in [-0.4, -0.2) is 18.8 Å². The van der Waals surface area contributed by atoms with Gasteiger partial charge >= 0.3 is 6.36 Å². The fourth-order valence-electron chi connectivity index (χ4n) is 1.44. The van der Waals surface area contributed by atoms with Crippen molar-refractivity contribution in [3.05, 3.63) is 24.3 Å². The summed E-state index contributed by atoms with van der Waals surface area (Å²) in [5.41, 5.74) is 5.82. The zero-order chi connectivity index (χ0) is 14.5. The normalized spacial score (nSPS) is 12.9. The standard InChI is InChI=1S/C12H15F3N2O2/c1-2-8(7-16)11(18)17-9-3-5-10(6-4-9)19-12(13,14)15/h3-6,8H,2,7,16H2,1H3,(H,17,18). The van der Waals surface area contributed by atoms with E-state index in [1.807, 2.05) is 6.92 Å². The molecule has 3 N–H and O–H groups in total. The maximum Gasteiger partial charge on any atom is 0.573 e. The first kappa shape index (κ1) is 15.3. The minimum atomic E-state index is -4.72. The Kier molecular flexibility index (Phi) is 5.17. The van der Waals surface area contributed by atoms with Crippen molar-refractivity contribution in [3.8, 4) is 5.75 Å². The Morgan fingerprint density at radius 3 is 2.37 bits per heavy atom. The fourth-order valence-corrected chi connectivity index (χ4v) is 1.44. The van der Waals surface area contributed by atoms with E-state index in [4.69, 9.17) is 5.73 Å². The number of hydrogen-bond acceptors (Lipinski definition) is 3. The molecule has 1 aromatic carbocycles. The number of anilines is 1. The van der Waals surface area contributed by atoms with E-state index < -0.39 is 6.36 Å². The van der Waals surface area contributed by atoms with Gasteiger partial charge in [0.05, 0.1) is 5.92 Å². The lowest BCUT2D eigenvalue weighted by molar-refractivity contribution is -0.274. The highest BCUT2D eigenvalue weighted by Gasteiger charge is 2.30. The number of ether oxygens (including phenoxy) is 1. The zero-order valence-electron chi connectivity index (χ0n) is 10.3. The third-order valence-electron chi connectivity index (χ3n) is 2.50. The monoisotopic (exact) mass is 276 g/mol. The van der Waals surface area contributed by atoms with Crippen molar-refractivity contribution in [1.82, 2.24) is 0 Å². The van der Waals surface area contributed by atoms with Crippen LogP contribution in [0.1, 0.15) is 13.3 Å². The largest absolute Gasteiger partial charge is 0.573 e. The van der Waals surface area contributed by atoms with Crippen molar-refractivity contribution in [3.63, 3.8) is 0 Å². The highest BCUT2D eigenvalue weighted by Crippen LogP contribution is 2.24. The first-order chi connectivity index (χ1) is 8.85. The van der Waals surface area contributed by atoms with E-state index in [9.17, 15) is 18.0 Å². The summed E-state index contributed by atoms with van der Waals surface area (Å²) in [4.78, 5) is 11.7. The van der Waals surface area contributed by atoms with Crippen molar-refractivity contribution in [1.29, 1.82) is 0 Å². The molecule has 0 fully saturated rings. The Morgan fingerprint density at radius 1 is 1.37 bits per heavy atom. The van der Waals surface area contributed by atoms with Gasteiger partial charge in [0.1, 0.15) is 5.75 Å². The molecule has 0 bridgehead atoms. The van der Waals surface area contributed by atoms with Gasteiger partial charge in [-0.25, -0.2) is 0 Å². The molecule has 1 amide bonds. The number of halogens is 3. The van der Waals surface area contributed by atoms with Crippen molar-refractivity contribution in [2.45, 2.75) is 19.7 Å². The average Bonchev–Trinajstić information content (AvgIpc) is 2.31. The Morgan fingerprint density at radius 2 is 1.95 bits per heavy atom. The van der Waals surface area contributed by atoms with Gasteiger partial charge in [0.25, 0.3) is 0 Å². The second-order valence-electron chi connectivity index (χ2n) is 3.90. The quantitative estimate of drug-likeness (QED) is 0.868. The van der Waals surface area contributed by atoms with Gasteiger partial charge < -0.3 is 15.8 Å². The molecular weight excluding hydrogens is 261 g/mol. The van der Waals surface area contributed by atoms with Crippen LogP contribution in [-0.2, 0) is 4.79 Å². The van der Waals surface area contributed by atoms with Crippen LogP contribution in [0.15, 0.2) is 24.3 Å². The Labute approximate surface area is 108 Å². The highest BCUT2D eigenvalue weighted by molar-refractivity contribution is 5.92. The lowest BCUT2D eigenvalue weighted by Crippen LogP contribution is -2.28. The van der Waals surface area contributed by atoms with Crippen LogP contribution in [0.4, 0.5) is 18.9 Å². The summed E-state index contributed by atoms with van der Waals surface area (Å²) in [7, 11) is 0.